The van der Waals surface area contributed by atoms with Crippen molar-refractivity contribution >= 4 is 17.4 Å². The Morgan fingerprint density at radius 1 is 0.815 bits per heavy atom. The molecule has 0 saturated heterocycles. The normalized spacial score (nSPS) is 13.7. The minimum Gasteiger partial charge on any atom is -0.308 e. The summed E-state index contributed by atoms with van der Waals surface area (Å²) in [6.45, 7) is 2.01. The topological polar surface area (TPSA) is 44.4 Å². The highest BCUT2D eigenvalue weighted by molar-refractivity contribution is 5.99. The predicted octanol–water partition coefficient (Wildman–Crippen LogP) is 4.99. The Morgan fingerprint density at radius 2 is 1.48 bits per heavy atom. The van der Waals surface area contributed by atoms with Crippen LogP contribution in [-0.2, 0) is 13.0 Å². The Hall–Kier alpha value is -3.11. The number of nitrogens with zero attached hydrogens (tertiary/aromatic N) is 1. The number of fused-ring (bicyclic) bond motifs is 1. The highest BCUT2D eigenvalue weighted by Crippen LogP contribution is 2.23. The van der Waals surface area contributed by atoms with Crippen molar-refractivity contribution in [1.29, 1.82) is 0 Å². The van der Waals surface area contributed by atoms with Gasteiger partial charge in [0, 0.05) is 24.5 Å². The van der Waals surface area contributed by atoms with E-state index in [1.807, 2.05) is 48.5 Å². The van der Waals surface area contributed by atoms with Gasteiger partial charge in [-0.1, -0.05) is 48.5 Å². The molecule has 0 aliphatic carbocycles. The van der Waals surface area contributed by atoms with Crippen LogP contribution in [0, 0.1) is 0 Å². The van der Waals surface area contributed by atoms with Gasteiger partial charge in [-0.15, -0.1) is 0 Å². The van der Waals surface area contributed by atoms with E-state index < -0.39 is 0 Å². The summed E-state index contributed by atoms with van der Waals surface area (Å²) in [7, 11) is 2.12. The minimum absolute atomic E-state index is 0.230. The number of amides is 2. The van der Waals surface area contributed by atoms with Crippen molar-refractivity contribution in [1.82, 2.24) is 4.90 Å². The van der Waals surface area contributed by atoms with Crippen LogP contribution in [0.15, 0.2) is 72.8 Å². The molecule has 0 saturated carbocycles. The molecule has 0 fully saturated rings. The first-order valence-corrected chi connectivity index (χ1v) is 9.21. The maximum absolute atomic E-state index is 12.3. The number of likely N-dealkylation sites (N-methyl/N-ethyl adjacent to an activating group) is 1. The Morgan fingerprint density at radius 3 is 2.26 bits per heavy atom. The van der Waals surface area contributed by atoms with E-state index in [2.05, 4.69) is 46.8 Å². The van der Waals surface area contributed by atoms with Crippen LogP contribution >= 0.6 is 0 Å². The minimum atomic E-state index is -0.230. The molecular formula is C23H23N3O. The standard InChI is InChI=1S/C23H23N3O/c1-26-14-13-19-9-12-22(15-20(19)16-26)25-23(27)24-21-10-7-18(8-11-21)17-5-3-2-4-6-17/h2-12,15H,13-14,16H2,1H3,(H2,24,25,27). The van der Waals surface area contributed by atoms with Crippen molar-refractivity contribution in [3.05, 3.63) is 83.9 Å². The molecular weight excluding hydrogens is 334 g/mol. The molecule has 4 rings (SSSR count). The van der Waals surface area contributed by atoms with Gasteiger partial charge in [-0.25, -0.2) is 4.79 Å². The Labute approximate surface area is 159 Å². The van der Waals surface area contributed by atoms with Crippen LogP contribution in [0.4, 0.5) is 16.2 Å². The summed E-state index contributed by atoms with van der Waals surface area (Å²) in [5.41, 5.74) is 6.53. The lowest BCUT2D eigenvalue weighted by Gasteiger charge is -2.25. The third-order valence-corrected chi connectivity index (χ3v) is 4.92. The van der Waals surface area contributed by atoms with Crippen molar-refractivity contribution in [2.75, 3.05) is 24.2 Å². The molecule has 0 bridgehead atoms. The number of hydrogen-bond donors (Lipinski definition) is 2. The fourth-order valence-electron chi connectivity index (χ4n) is 3.45. The van der Waals surface area contributed by atoms with E-state index in [1.54, 1.807) is 0 Å². The van der Waals surface area contributed by atoms with Crippen molar-refractivity contribution in [2.24, 2.45) is 0 Å². The van der Waals surface area contributed by atoms with Crippen molar-refractivity contribution in [3.8, 4) is 11.1 Å². The van der Waals surface area contributed by atoms with Crippen molar-refractivity contribution < 1.29 is 4.79 Å². The zero-order chi connectivity index (χ0) is 18.6. The summed E-state index contributed by atoms with van der Waals surface area (Å²) in [5.74, 6) is 0. The Balaban J connectivity index is 1.40. The van der Waals surface area contributed by atoms with E-state index in [9.17, 15) is 4.79 Å². The maximum atomic E-state index is 12.3. The molecule has 0 atom stereocenters. The quantitative estimate of drug-likeness (QED) is 0.694. The number of urea groups is 1. The first-order valence-electron chi connectivity index (χ1n) is 9.21. The zero-order valence-corrected chi connectivity index (χ0v) is 15.4. The molecule has 4 heteroatoms. The number of carbonyl (C=O) groups is 1. The summed E-state index contributed by atoms with van der Waals surface area (Å²) in [6.07, 6.45) is 1.06. The highest BCUT2D eigenvalue weighted by Gasteiger charge is 2.14. The van der Waals surface area contributed by atoms with Crippen LogP contribution in [0.25, 0.3) is 11.1 Å². The highest BCUT2D eigenvalue weighted by atomic mass is 16.2. The summed E-state index contributed by atoms with van der Waals surface area (Å²) < 4.78 is 0. The number of carbonyl (C=O) groups excluding carboxylic acids is 1. The van der Waals surface area contributed by atoms with Crippen LogP contribution in [0.5, 0.6) is 0 Å². The Bertz CT molecular complexity index is 936. The summed E-state index contributed by atoms with van der Waals surface area (Å²) in [6, 6.07) is 24.0. The third-order valence-electron chi connectivity index (χ3n) is 4.92. The third kappa shape index (κ3) is 4.18. The van der Waals surface area contributed by atoms with E-state index in [-0.39, 0.29) is 6.03 Å². The largest absolute Gasteiger partial charge is 0.323 e. The first-order chi connectivity index (χ1) is 13.2. The maximum Gasteiger partial charge on any atom is 0.323 e. The lowest BCUT2D eigenvalue weighted by atomic mass is 9.99. The smallest absolute Gasteiger partial charge is 0.308 e. The molecule has 1 aliphatic heterocycles. The average molecular weight is 357 g/mol. The molecule has 0 unspecified atom stereocenters. The molecule has 136 valence electrons. The van der Waals surface area contributed by atoms with Crippen molar-refractivity contribution in [2.45, 2.75) is 13.0 Å². The predicted molar refractivity (Wildman–Crippen MR) is 111 cm³/mol. The first kappa shape index (κ1) is 17.3. The van der Waals surface area contributed by atoms with Gasteiger partial charge in [0.15, 0.2) is 0 Å². The average Bonchev–Trinajstić information content (AvgIpc) is 2.69. The van der Waals surface area contributed by atoms with Gasteiger partial charge >= 0.3 is 6.03 Å². The van der Waals surface area contributed by atoms with Gasteiger partial charge in [0.2, 0.25) is 0 Å². The molecule has 27 heavy (non-hydrogen) atoms. The number of rotatable bonds is 3. The Kier molecular flexibility index (Phi) is 4.90. The molecule has 4 nitrogen and oxygen atoms in total. The molecule has 1 heterocycles. The molecule has 3 aromatic rings. The zero-order valence-electron chi connectivity index (χ0n) is 15.4. The van der Waals surface area contributed by atoms with Crippen LogP contribution in [-0.4, -0.2) is 24.5 Å². The summed E-state index contributed by atoms with van der Waals surface area (Å²) in [5, 5.41) is 5.83. The molecule has 2 N–H and O–H groups in total. The van der Waals surface area contributed by atoms with E-state index in [1.165, 1.54) is 11.1 Å². The molecule has 0 radical (unpaired) electrons. The summed E-state index contributed by atoms with van der Waals surface area (Å²) in [4.78, 5) is 14.6. The van der Waals surface area contributed by atoms with Gasteiger partial charge in [-0.2, -0.15) is 0 Å². The number of nitrogens with one attached hydrogen (secondary N) is 2. The second kappa shape index (κ2) is 7.64. The van der Waals surface area contributed by atoms with E-state index in [0.29, 0.717) is 0 Å². The number of benzene rings is 3. The summed E-state index contributed by atoms with van der Waals surface area (Å²) >= 11 is 0. The molecule has 1 aliphatic rings. The van der Waals surface area contributed by atoms with E-state index in [4.69, 9.17) is 0 Å². The lowest BCUT2D eigenvalue weighted by Crippen LogP contribution is -2.26. The molecule has 3 aromatic carbocycles. The number of anilines is 2. The van der Waals surface area contributed by atoms with Crippen LogP contribution in [0.3, 0.4) is 0 Å². The van der Waals surface area contributed by atoms with Crippen LogP contribution in [0.1, 0.15) is 11.1 Å². The van der Waals surface area contributed by atoms with Gasteiger partial charge in [-0.05, 0) is 60.0 Å². The van der Waals surface area contributed by atoms with Gasteiger partial charge in [-0.3, -0.25) is 0 Å². The molecule has 0 aromatic heterocycles. The number of hydrogen-bond acceptors (Lipinski definition) is 2. The molecule has 0 spiro atoms. The van der Waals surface area contributed by atoms with Gasteiger partial charge in [0.25, 0.3) is 0 Å². The van der Waals surface area contributed by atoms with Crippen molar-refractivity contribution in [3.63, 3.8) is 0 Å². The van der Waals surface area contributed by atoms with Gasteiger partial charge < -0.3 is 15.5 Å². The fraction of sp³-hybridized carbons (Fsp3) is 0.174. The lowest BCUT2D eigenvalue weighted by molar-refractivity contribution is 0.262. The van der Waals surface area contributed by atoms with E-state index in [0.717, 1.165) is 42.0 Å². The molecule has 2 amide bonds. The SMILES string of the molecule is CN1CCc2ccc(NC(=O)Nc3ccc(-c4ccccc4)cc3)cc2C1. The van der Waals surface area contributed by atoms with Crippen LogP contribution in [0.2, 0.25) is 0 Å². The van der Waals surface area contributed by atoms with Gasteiger partial charge in [0.05, 0.1) is 0 Å². The second-order valence-electron chi connectivity index (χ2n) is 6.99. The second-order valence-corrected chi connectivity index (χ2v) is 6.99. The van der Waals surface area contributed by atoms with Gasteiger partial charge in [0.1, 0.15) is 0 Å². The fourth-order valence-corrected chi connectivity index (χ4v) is 3.45. The monoisotopic (exact) mass is 357 g/mol. The van der Waals surface area contributed by atoms with Crippen LogP contribution < -0.4 is 10.6 Å². The van der Waals surface area contributed by atoms with E-state index >= 15 is 0 Å².